The van der Waals surface area contributed by atoms with Gasteiger partial charge in [-0.05, 0) is 40.2 Å². The van der Waals surface area contributed by atoms with Gasteiger partial charge in [0.25, 0.3) is 5.91 Å². The van der Waals surface area contributed by atoms with Gasteiger partial charge in [0.15, 0.2) is 6.54 Å². The number of anilines is 1. The summed E-state index contributed by atoms with van der Waals surface area (Å²) >= 11 is 1.54. The number of quaternary nitrogens is 3. The summed E-state index contributed by atoms with van der Waals surface area (Å²) < 4.78 is 5.37. The molecule has 1 fully saturated rings. The molecule has 2 aliphatic rings. The van der Waals surface area contributed by atoms with Crippen molar-refractivity contribution in [2.75, 3.05) is 51.7 Å². The van der Waals surface area contributed by atoms with Crippen LogP contribution in [0.1, 0.15) is 55.4 Å². The highest BCUT2D eigenvalue weighted by atomic mass is 32.1. The molecule has 2 aliphatic heterocycles. The number of piperazine rings is 1. The Kier molecular flexibility index (Phi) is 6.38. The Morgan fingerprint density at radius 3 is 2.45 bits per heavy atom. The van der Waals surface area contributed by atoms with Gasteiger partial charge < -0.3 is 25.2 Å². The van der Waals surface area contributed by atoms with Crippen LogP contribution in [0.25, 0.3) is 0 Å². The van der Waals surface area contributed by atoms with Gasteiger partial charge >= 0.3 is 5.97 Å². The van der Waals surface area contributed by atoms with E-state index in [1.165, 1.54) is 21.1 Å². The Morgan fingerprint density at radius 1 is 1.17 bits per heavy atom. The van der Waals surface area contributed by atoms with Crippen LogP contribution < -0.4 is 20.4 Å². The molecule has 5 N–H and O–H groups in total. The second-order valence-corrected chi connectivity index (χ2v) is 10.8. The molecule has 1 saturated heterocycles. The summed E-state index contributed by atoms with van der Waals surface area (Å²) in [5, 5.41) is 6.07. The minimum Gasteiger partial charge on any atom is -0.462 e. The average molecular weight is 426 g/mol. The van der Waals surface area contributed by atoms with Gasteiger partial charge in [0, 0.05) is 6.42 Å². The van der Waals surface area contributed by atoms with Gasteiger partial charge in [-0.15, -0.1) is 11.3 Å². The van der Waals surface area contributed by atoms with Crippen molar-refractivity contribution >= 4 is 28.2 Å². The van der Waals surface area contributed by atoms with Crippen molar-refractivity contribution in [3.63, 3.8) is 0 Å². The number of fused-ring (bicyclic) bond motifs is 1. The highest BCUT2D eigenvalue weighted by Crippen LogP contribution is 2.42. The Morgan fingerprint density at radius 2 is 1.83 bits per heavy atom. The van der Waals surface area contributed by atoms with Gasteiger partial charge in [-0.25, -0.2) is 4.79 Å². The minimum atomic E-state index is -0.329. The third-order valence-corrected chi connectivity index (χ3v) is 7.42. The van der Waals surface area contributed by atoms with Crippen LogP contribution in [0, 0.1) is 0 Å². The second-order valence-electron chi connectivity index (χ2n) is 9.80. The van der Waals surface area contributed by atoms with Crippen molar-refractivity contribution in [2.45, 2.75) is 52.1 Å². The summed E-state index contributed by atoms with van der Waals surface area (Å²) in [6.45, 7) is 15.5. The number of carbonyl (C=O) groups is 2. The molecule has 1 aromatic rings. The highest BCUT2D eigenvalue weighted by molar-refractivity contribution is 7.17. The number of carbonyl (C=O) groups excluding carboxylic acids is 2. The maximum atomic E-state index is 12.8. The van der Waals surface area contributed by atoms with E-state index in [1.807, 2.05) is 6.92 Å². The van der Waals surface area contributed by atoms with Gasteiger partial charge in [0.2, 0.25) is 0 Å². The van der Waals surface area contributed by atoms with Crippen LogP contribution in [0.3, 0.4) is 0 Å². The van der Waals surface area contributed by atoms with Crippen LogP contribution in [0.2, 0.25) is 0 Å². The molecule has 0 aliphatic carbocycles. The molecule has 1 aromatic heterocycles. The fourth-order valence-corrected chi connectivity index (χ4v) is 6.11. The van der Waals surface area contributed by atoms with E-state index in [2.05, 4.69) is 45.4 Å². The molecule has 1 amide bonds. The lowest BCUT2D eigenvalue weighted by atomic mass is 9.81. The molecule has 7 nitrogen and oxygen atoms in total. The van der Waals surface area contributed by atoms with Crippen LogP contribution in [-0.2, 0) is 21.5 Å². The molecule has 0 radical (unpaired) electrons. The average Bonchev–Trinajstić information content (AvgIpc) is 2.94. The smallest absolute Gasteiger partial charge is 0.341 e. The van der Waals surface area contributed by atoms with Crippen molar-refractivity contribution in [3.05, 3.63) is 16.0 Å². The Labute approximate surface area is 177 Å². The molecule has 29 heavy (non-hydrogen) atoms. The van der Waals surface area contributed by atoms with Crippen molar-refractivity contribution in [1.82, 2.24) is 0 Å². The quantitative estimate of drug-likeness (QED) is 0.430. The SMILES string of the molecule is CCOC(=O)c1c(NC(=O)C[NH+]2CC[NH+](C)CC2)sc2c1CC(C)(C)[NH2+]C2(C)C. The number of rotatable bonds is 5. The van der Waals surface area contributed by atoms with E-state index in [0.717, 1.165) is 43.0 Å². The summed E-state index contributed by atoms with van der Waals surface area (Å²) in [4.78, 5) is 29.6. The molecule has 162 valence electrons. The van der Waals surface area contributed by atoms with Gasteiger partial charge in [0.05, 0.1) is 29.6 Å². The molecular weight excluding hydrogens is 388 g/mol. The molecule has 0 unspecified atom stereocenters. The summed E-state index contributed by atoms with van der Waals surface area (Å²) in [6.07, 6.45) is 0.777. The van der Waals surface area contributed by atoms with Crippen molar-refractivity contribution in [1.29, 1.82) is 0 Å². The second kappa shape index (κ2) is 8.34. The molecule has 8 heteroatoms. The zero-order valence-corrected chi connectivity index (χ0v) is 19.5. The van der Waals surface area contributed by atoms with E-state index in [1.54, 1.807) is 0 Å². The standard InChI is InChI=1S/C21H34N4O3S/c1-7-28-19(27)16-14-12-20(2,3)23-21(4,5)17(14)29-18(16)22-15(26)13-25-10-8-24(6)9-11-25/h23H,7-13H2,1-6H3,(H,22,26)/p+3. The van der Waals surface area contributed by atoms with E-state index in [-0.39, 0.29) is 23.0 Å². The third kappa shape index (κ3) is 4.99. The van der Waals surface area contributed by atoms with Gasteiger partial charge in [-0.3, -0.25) is 4.79 Å². The summed E-state index contributed by atoms with van der Waals surface area (Å²) in [5.41, 5.74) is 1.42. The first-order chi connectivity index (χ1) is 13.5. The Balaban J connectivity index is 1.87. The third-order valence-electron chi connectivity index (χ3n) is 5.93. The van der Waals surface area contributed by atoms with E-state index in [4.69, 9.17) is 4.74 Å². The maximum absolute atomic E-state index is 12.8. The zero-order valence-electron chi connectivity index (χ0n) is 18.7. The van der Waals surface area contributed by atoms with Gasteiger partial charge in [0.1, 0.15) is 36.7 Å². The van der Waals surface area contributed by atoms with Crippen LogP contribution in [0.5, 0.6) is 0 Å². The summed E-state index contributed by atoms with van der Waals surface area (Å²) in [7, 11) is 2.19. The zero-order chi connectivity index (χ0) is 21.4. The normalized spacial score (nSPS) is 25.2. The van der Waals surface area contributed by atoms with E-state index in [9.17, 15) is 9.59 Å². The number of hydrogen-bond donors (Lipinski definition) is 4. The maximum Gasteiger partial charge on any atom is 0.341 e. The lowest BCUT2D eigenvalue weighted by Gasteiger charge is -2.38. The lowest BCUT2D eigenvalue weighted by Crippen LogP contribution is -3.27. The fourth-order valence-electron chi connectivity index (χ4n) is 4.82. The number of nitrogens with one attached hydrogen (secondary N) is 3. The Bertz CT molecular complexity index is 779. The lowest BCUT2D eigenvalue weighted by molar-refractivity contribution is -0.999. The monoisotopic (exact) mass is 425 g/mol. The molecule has 0 spiro atoms. The first kappa shape index (κ1) is 22.2. The van der Waals surface area contributed by atoms with Crippen LogP contribution >= 0.6 is 11.3 Å². The highest BCUT2D eigenvalue weighted by Gasteiger charge is 2.45. The summed E-state index contributed by atoms with van der Waals surface area (Å²) in [6, 6.07) is 0. The fraction of sp³-hybridized carbons (Fsp3) is 0.714. The Hall–Kier alpha value is -1.48. The number of thiophene rings is 1. The number of ether oxygens (including phenoxy) is 1. The predicted octanol–water partition coefficient (Wildman–Crippen LogP) is -1.59. The van der Waals surface area contributed by atoms with Crippen LogP contribution in [0.4, 0.5) is 5.00 Å². The number of nitrogens with two attached hydrogens (primary N) is 1. The number of amides is 1. The largest absolute Gasteiger partial charge is 0.462 e. The van der Waals surface area contributed by atoms with Crippen molar-refractivity contribution in [2.24, 2.45) is 0 Å². The van der Waals surface area contributed by atoms with Crippen molar-refractivity contribution in [3.8, 4) is 0 Å². The minimum absolute atomic E-state index is 0.0214. The molecule has 0 saturated carbocycles. The van der Waals surface area contributed by atoms with E-state index < -0.39 is 0 Å². The van der Waals surface area contributed by atoms with Crippen molar-refractivity contribution < 1.29 is 29.4 Å². The molecule has 3 heterocycles. The predicted molar refractivity (Wildman–Crippen MR) is 114 cm³/mol. The van der Waals surface area contributed by atoms with E-state index in [0.29, 0.717) is 23.7 Å². The van der Waals surface area contributed by atoms with Crippen LogP contribution in [-0.4, -0.2) is 63.8 Å². The summed E-state index contributed by atoms with van der Waals surface area (Å²) in [5.74, 6) is -0.353. The van der Waals surface area contributed by atoms with Gasteiger partial charge in [-0.1, -0.05) is 0 Å². The number of esters is 1. The molecule has 0 atom stereocenters. The van der Waals surface area contributed by atoms with Crippen LogP contribution in [0.15, 0.2) is 0 Å². The first-order valence-corrected chi connectivity index (χ1v) is 11.5. The first-order valence-electron chi connectivity index (χ1n) is 10.7. The number of likely N-dealkylation sites (N-methyl/N-ethyl adjacent to an activating group) is 1. The topological polar surface area (TPSA) is 80.9 Å². The number of hydrogen-bond acceptors (Lipinski definition) is 4. The molecular formula is C21H37N4O3S+3. The molecule has 0 aromatic carbocycles. The van der Waals surface area contributed by atoms with Gasteiger partial charge in [-0.2, -0.15) is 0 Å². The van der Waals surface area contributed by atoms with E-state index >= 15 is 0 Å². The molecule has 3 rings (SSSR count). The molecule has 0 bridgehead atoms.